The quantitative estimate of drug-likeness (QED) is 0.776. The van der Waals surface area contributed by atoms with E-state index in [1.165, 1.54) is 17.6 Å². The maximum Gasteiger partial charge on any atom is 0.106 e. The third-order valence-electron chi connectivity index (χ3n) is 3.22. The molecular formula is C19H24N2. The third kappa shape index (κ3) is 4.21. The van der Waals surface area contributed by atoms with Gasteiger partial charge in [-0.2, -0.15) is 0 Å². The lowest BCUT2D eigenvalue weighted by molar-refractivity contribution is 1.00. The maximum atomic E-state index is 4.52. The minimum absolute atomic E-state index is 0.947. The molecule has 0 saturated heterocycles. The number of hydrogen-bond donors (Lipinski definition) is 1. The first-order valence-electron chi connectivity index (χ1n) is 7.84. The summed E-state index contributed by atoms with van der Waals surface area (Å²) in [6, 6.07) is 6.47. The van der Waals surface area contributed by atoms with Crippen LogP contribution in [-0.2, 0) is 12.8 Å². The van der Waals surface area contributed by atoms with Gasteiger partial charge in [-0.05, 0) is 48.3 Å². The van der Waals surface area contributed by atoms with E-state index in [9.17, 15) is 0 Å². The fraction of sp³-hybridized carbons (Fsp3) is 0.368. The number of aryl methyl sites for hydroxylation is 1. The molecule has 2 nitrogen and oxygen atoms in total. The molecule has 1 aliphatic carbocycles. The summed E-state index contributed by atoms with van der Waals surface area (Å²) in [7, 11) is 0. The Kier molecular flexibility index (Phi) is 5.59. The molecule has 0 aliphatic heterocycles. The van der Waals surface area contributed by atoms with E-state index in [0.29, 0.717) is 0 Å². The van der Waals surface area contributed by atoms with Crippen LogP contribution in [0.1, 0.15) is 45.0 Å². The van der Waals surface area contributed by atoms with Crippen LogP contribution < -0.4 is 0 Å². The van der Waals surface area contributed by atoms with Crippen LogP contribution in [0.4, 0.5) is 0 Å². The van der Waals surface area contributed by atoms with E-state index in [1.807, 2.05) is 0 Å². The molecule has 1 aromatic heterocycles. The molecule has 0 unspecified atom stereocenters. The zero-order valence-corrected chi connectivity index (χ0v) is 13.2. The third-order valence-corrected chi connectivity index (χ3v) is 3.22. The first-order chi connectivity index (χ1) is 10.3. The van der Waals surface area contributed by atoms with Gasteiger partial charge in [0.05, 0.1) is 11.0 Å². The first kappa shape index (κ1) is 15.3. The van der Waals surface area contributed by atoms with Gasteiger partial charge in [0, 0.05) is 6.42 Å². The summed E-state index contributed by atoms with van der Waals surface area (Å²) in [6.07, 6.45) is 10.5. The Bertz CT molecular complexity index is 683. The molecule has 110 valence electrons. The van der Waals surface area contributed by atoms with E-state index in [4.69, 9.17) is 0 Å². The largest absolute Gasteiger partial charge is 0.342 e. The van der Waals surface area contributed by atoms with Crippen molar-refractivity contribution in [2.24, 2.45) is 0 Å². The SMILES string of the molecule is CCC.CCc1nc2ccc(CC3=CCC=C=C3)cc2[nH]1. The average Bonchev–Trinajstić information content (AvgIpc) is 2.91. The molecule has 2 aromatic rings. The van der Waals surface area contributed by atoms with Gasteiger partial charge in [-0.25, -0.2) is 4.98 Å². The summed E-state index contributed by atoms with van der Waals surface area (Å²) in [4.78, 5) is 7.88. The normalized spacial score (nSPS) is 13.0. The van der Waals surface area contributed by atoms with Gasteiger partial charge in [-0.15, -0.1) is 5.73 Å². The number of rotatable bonds is 3. The van der Waals surface area contributed by atoms with Crippen molar-refractivity contribution in [2.45, 2.75) is 46.5 Å². The Morgan fingerprint density at radius 2 is 2.05 bits per heavy atom. The Labute approximate surface area is 127 Å². The monoisotopic (exact) mass is 280 g/mol. The second-order valence-corrected chi connectivity index (χ2v) is 5.30. The van der Waals surface area contributed by atoms with Crippen molar-refractivity contribution in [3.8, 4) is 0 Å². The fourth-order valence-electron chi connectivity index (χ4n) is 2.25. The van der Waals surface area contributed by atoms with Crippen molar-refractivity contribution in [1.29, 1.82) is 0 Å². The number of aromatic nitrogens is 2. The van der Waals surface area contributed by atoms with Gasteiger partial charge in [0.25, 0.3) is 0 Å². The molecule has 3 rings (SSSR count). The van der Waals surface area contributed by atoms with Crippen LogP contribution in [0.3, 0.4) is 0 Å². The van der Waals surface area contributed by atoms with Crippen molar-refractivity contribution in [1.82, 2.24) is 9.97 Å². The Hall–Kier alpha value is -2.05. The van der Waals surface area contributed by atoms with Crippen LogP contribution in [0.5, 0.6) is 0 Å². The van der Waals surface area contributed by atoms with E-state index in [2.05, 4.69) is 72.9 Å². The number of hydrogen-bond acceptors (Lipinski definition) is 1. The minimum atomic E-state index is 0.947. The van der Waals surface area contributed by atoms with Crippen LogP contribution in [0.25, 0.3) is 11.0 Å². The second kappa shape index (κ2) is 7.66. The molecule has 1 aromatic carbocycles. The summed E-state index contributed by atoms with van der Waals surface area (Å²) in [5.74, 6) is 1.06. The zero-order chi connectivity index (χ0) is 15.1. The van der Waals surface area contributed by atoms with Gasteiger partial charge in [0.2, 0.25) is 0 Å². The molecule has 0 fully saturated rings. The van der Waals surface area contributed by atoms with Crippen molar-refractivity contribution in [3.63, 3.8) is 0 Å². The van der Waals surface area contributed by atoms with Crippen molar-refractivity contribution >= 4 is 11.0 Å². The summed E-state index contributed by atoms with van der Waals surface area (Å²) >= 11 is 0. The molecule has 1 N–H and O–H groups in total. The number of imidazole rings is 1. The van der Waals surface area contributed by atoms with E-state index < -0.39 is 0 Å². The molecule has 0 saturated carbocycles. The summed E-state index contributed by atoms with van der Waals surface area (Å²) in [5, 5.41) is 0. The van der Waals surface area contributed by atoms with E-state index in [1.54, 1.807) is 0 Å². The predicted octanol–water partition coefficient (Wildman–Crippen LogP) is 5.13. The topological polar surface area (TPSA) is 28.7 Å². The molecule has 21 heavy (non-hydrogen) atoms. The minimum Gasteiger partial charge on any atom is -0.342 e. The Morgan fingerprint density at radius 3 is 2.71 bits per heavy atom. The number of nitrogens with one attached hydrogen (secondary N) is 1. The van der Waals surface area contributed by atoms with Gasteiger partial charge in [-0.1, -0.05) is 39.3 Å². The number of H-pyrrole nitrogens is 1. The van der Waals surface area contributed by atoms with E-state index >= 15 is 0 Å². The highest BCUT2D eigenvalue weighted by Crippen LogP contribution is 2.18. The lowest BCUT2D eigenvalue weighted by Gasteiger charge is -2.04. The van der Waals surface area contributed by atoms with Crippen LogP contribution in [0.15, 0.2) is 47.7 Å². The number of fused-ring (bicyclic) bond motifs is 1. The highest BCUT2D eigenvalue weighted by Gasteiger charge is 2.04. The van der Waals surface area contributed by atoms with Gasteiger partial charge >= 0.3 is 0 Å². The van der Waals surface area contributed by atoms with Gasteiger partial charge < -0.3 is 4.98 Å². The van der Waals surface area contributed by atoms with Crippen molar-refractivity contribution < 1.29 is 0 Å². The molecule has 2 heteroatoms. The van der Waals surface area contributed by atoms with Crippen LogP contribution in [-0.4, -0.2) is 9.97 Å². The predicted molar refractivity (Wildman–Crippen MR) is 90.5 cm³/mol. The van der Waals surface area contributed by atoms with Crippen molar-refractivity contribution in [2.75, 3.05) is 0 Å². The van der Waals surface area contributed by atoms with Crippen LogP contribution >= 0.6 is 0 Å². The fourth-order valence-corrected chi connectivity index (χ4v) is 2.25. The van der Waals surface area contributed by atoms with Gasteiger partial charge in [0.1, 0.15) is 5.82 Å². The van der Waals surface area contributed by atoms with Crippen LogP contribution in [0, 0.1) is 0 Å². The number of allylic oxidation sites excluding steroid dienone is 3. The maximum absolute atomic E-state index is 4.52. The number of nitrogens with zero attached hydrogens (tertiary/aromatic N) is 1. The van der Waals surface area contributed by atoms with E-state index in [0.717, 1.165) is 36.1 Å². The molecule has 0 atom stereocenters. The second-order valence-electron chi connectivity index (χ2n) is 5.30. The molecule has 0 radical (unpaired) electrons. The standard InChI is InChI=1S/C16H16N2.C3H8/c1-2-16-17-14-9-8-13(11-15(14)18-16)10-12-6-4-3-5-7-12;1-3-2/h3,6-9,11H,2,4,10H2,1H3,(H,17,18);3H2,1-2H3. The summed E-state index contributed by atoms with van der Waals surface area (Å²) in [5.41, 5.74) is 8.02. The van der Waals surface area contributed by atoms with Crippen molar-refractivity contribution in [3.05, 3.63) is 59.1 Å². The van der Waals surface area contributed by atoms with Crippen LogP contribution in [0.2, 0.25) is 0 Å². The lowest BCUT2D eigenvalue weighted by Crippen LogP contribution is -1.89. The highest BCUT2D eigenvalue weighted by atomic mass is 14.9. The first-order valence-corrected chi connectivity index (χ1v) is 7.84. The summed E-state index contributed by atoms with van der Waals surface area (Å²) < 4.78 is 0. The number of benzene rings is 1. The number of aromatic amines is 1. The van der Waals surface area contributed by atoms with Gasteiger partial charge in [-0.3, -0.25) is 0 Å². The molecule has 0 spiro atoms. The Balaban J connectivity index is 0.000000497. The lowest BCUT2D eigenvalue weighted by atomic mass is 10.0. The molecule has 0 amide bonds. The molecule has 0 bridgehead atoms. The van der Waals surface area contributed by atoms with E-state index in [-0.39, 0.29) is 0 Å². The Morgan fingerprint density at radius 1 is 1.24 bits per heavy atom. The van der Waals surface area contributed by atoms with Gasteiger partial charge in [0.15, 0.2) is 0 Å². The zero-order valence-electron chi connectivity index (χ0n) is 13.2. The molecule has 1 aliphatic rings. The average molecular weight is 280 g/mol. The summed E-state index contributed by atoms with van der Waals surface area (Å²) in [6.45, 7) is 6.36. The smallest absolute Gasteiger partial charge is 0.106 e. The highest BCUT2D eigenvalue weighted by molar-refractivity contribution is 5.76. The molecular weight excluding hydrogens is 256 g/mol. The molecule has 1 heterocycles.